The van der Waals surface area contributed by atoms with Crippen molar-refractivity contribution in [2.75, 3.05) is 49.5 Å². The van der Waals surface area contributed by atoms with Crippen LogP contribution in [0, 0.1) is 6.92 Å². The van der Waals surface area contributed by atoms with Crippen molar-refractivity contribution in [2.24, 2.45) is 0 Å². The third-order valence-electron chi connectivity index (χ3n) is 4.69. The van der Waals surface area contributed by atoms with Crippen LogP contribution in [-0.2, 0) is 9.53 Å². The van der Waals surface area contributed by atoms with Gasteiger partial charge in [0.25, 0.3) is 0 Å². The van der Waals surface area contributed by atoms with Crippen molar-refractivity contribution in [1.82, 2.24) is 15.0 Å². The van der Waals surface area contributed by atoms with Gasteiger partial charge in [0.2, 0.25) is 18.2 Å². The predicted octanol–water partition coefficient (Wildman–Crippen LogP) is 2.14. The number of amides is 1. The summed E-state index contributed by atoms with van der Waals surface area (Å²) in [4.78, 5) is 28.9. The van der Waals surface area contributed by atoms with Crippen molar-refractivity contribution in [1.29, 1.82) is 0 Å². The lowest BCUT2D eigenvalue weighted by molar-refractivity contribution is -0.108. The number of aromatic nitrogens is 3. The molecule has 28 heavy (non-hydrogen) atoms. The smallest absolute Gasteiger partial charge is 0.229 e. The molecule has 9 heteroatoms. The van der Waals surface area contributed by atoms with Crippen molar-refractivity contribution in [2.45, 2.75) is 25.8 Å². The van der Waals surface area contributed by atoms with E-state index in [0.717, 1.165) is 36.3 Å². The van der Waals surface area contributed by atoms with Crippen LogP contribution in [0.5, 0.6) is 5.88 Å². The van der Waals surface area contributed by atoms with Gasteiger partial charge in [-0.1, -0.05) is 0 Å². The van der Waals surface area contributed by atoms with Crippen LogP contribution in [0.15, 0.2) is 18.3 Å². The molecule has 0 bridgehead atoms. The number of hydrogen-bond acceptors (Lipinski definition) is 8. The Kier molecular flexibility index (Phi) is 6.25. The van der Waals surface area contributed by atoms with E-state index in [1.807, 2.05) is 32.0 Å². The average Bonchev–Trinajstić information content (AvgIpc) is 2.71. The highest BCUT2D eigenvalue weighted by Crippen LogP contribution is 2.30. The molecule has 3 heterocycles. The van der Waals surface area contributed by atoms with Gasteiger partial charge in [-0.15, -0.1) is 0 Å². The highest BCUT2D eigenvalue weighted by atomic mass is 16.5. The SMILES string of the molecule is COc1ccc(Nc2ncc(N(C)C)c(N(C=O)C3CCOCC3)n2)c(C)n1. The first-order valence-corrected chi connectivity index (χ1v) is 9.18. The Bertz CT molecular complexity index is 823. The number of ether oxygens (including phenoxy) is 2. The molecule has 1 amide bonds. The maximum atomic E-state index is 11.9. The Hall–Kier alpha value is -2.94. The molecule has 0 saturated carbocycles. The fourth-order valence-corrected chi connectivity index (χ4v) is 3.11. The van der Waals surface area contributed by atoms with Gasteiger partial charge in [0, 0.05) is 39.4 Å². The van der Waals surface area contributed by atoms with E-state index in [4.69, 9.17) is 9.47 Å². The summed E-state index contributed by atoms with van der Waals surface area (Å²) >= 11 is 0. The van der Waals surface area contributed by atoms with E-state index in [1.165, 1.54) is 0 Å². The maximum absolute atomic E-state index is 11.9. The monoisotopic (exact) mass is 386 g/mol. The van der Waals surface area contributed by atoms with Crippen molar-refractivity contribution in [3.05, 3.63) is 24.0 Å². The van der Waals surface area contributed by atoms with Crippen molar-refractivity contribution in [3.63, 3.8) is 0 Å². The summed E-state index contributed by atoms with van der Waals surface area (Å²) in [5.74, 6) is 1.51. The van der Waals surface area contributed by atoms with Gasteiger partial charge in [-0.2, -0.15) is 4.98 Å². The minimum atomic E-state index is 0.0529. The van der Waals surface area contributed by atoms with Crippen LogP contribution >= 0.6 is 0 Å². The summed E-state index contributed by atoms with van der Waals surface area (Å²) in [5.41, 5.74) is 2.31. The number of anilines is 4. The summed E-state index contributed by atoms with van der Waals surface area (Å²) in [5, 5.41) is 3.19. The summed E-state index contributed by atoms with van der Waals surface area (Å²) < 4.78 is 10.6. The molecule has 150 valence electrons. The van der Waals surface area contributed by atoms with E-state index in [-0.39, 0.29) is 6.04 Å². The zero-order valence-electron chi connectivity index (χ0n) is 16.7. The van der Waals surface area contributed by atoms with Crippen molar-refractivity contribution < 1.29 is 14.3 Å². The van der Waals surface area contributed by atoms with Gasteiger partial charge in [0.1, 0.15) is 0 Å². The second kappa shape index (κ2) is 8.83. The van der Waals surface area contributed by atoms with Crippen LogP contribution in [0.25, 0.3) is 0 Å². The Morgan fingerprint density at radius 1 is 1.25 bits per heavy atom. The normalized spacial score (nSPS) is 14.4. The number of aryl methyl sites for hydroxylation is 1. The molecule has 1 N–H and O–H groups in total. The van der Waals surface area contributed by atoms with Crippen LogP contribution in [0.4, 0.5) is 23.1 Å². The quantitative estimate of drug-likeness (QED) is 0.724. The van der Waals surface area contributed by atoms with Gasteiger partial charge in [0.15, 0.2) is 5.82 Å². The third-order valence-corrected chi connectivity index (χ3v) is 4.69. The molecule has 2 aromatic heterocycles. The van der Waals surface area contributed by atoms with Gasteiger partial charge in [-0.25, -0.2) is 9.97 Å². The molecule has 1 saturated heterocycles. The van der Waals surface area contributed by atoms with E-state index in [1.54, 1.807) is 24.3 Å². The van der Waals surface area contributed by atoms with E-state index in [9.17, 15) is 4.79 Å². The standard InChI is InChI=1S/C19H26N6O3/c1-13-15(5-6-17(21-13)27-4)22-19-20-11-16(24(2)3)18(23-19)25(12-26)14-7-9-28-10-8-14/h5-6,11-12,14H,7-10H2,1-4H3,(H,20,22,23). The van der Waals surface area contributed by atoms with Gasteiger partial charge in [0.05, 0.1) is 30.4 Å². The lowest BCUT2D eigenvalue weighted by Crippen LogP contribution is -2.40. The van der Waals surface area contributed by atoms with Gasteiger partial charge in [-0.05, 0) is 25.8 Å². The molecule has 3 rings (SSSR count). The van der Waals surface area contributed by atoms with Crippen LogP contribution in [0.3, 0.4) is 0 Å². The van der Waals surface area contributed by atoms with Crippen LogP contribution in [0.2, 0.25) is 0 Å². The first kappa shape index (κ1) is 19.8. The molecule has 2 aromatic rings. The minimum Gasteiger partial charge on any atom is -0.481 e. The highest BCUT2D eigenvalue weighted by molar-refractivity contribution is 5.82. The zero-order chi connectivity index (χ0) is 20.1. The fourth-order valence-electron chi connectivity index (χ4n) is 3.11. The topological polar surface area (TPSA) is 92.7 Å². The molecule has 0 aliphatic carbocycles. The number of carbonyl (C=O) groups excluding carboxylic acids is 1. The lowest BCUT2D eigenvalue weighted by Gasteiger charge is -2.32. The maximum Gasteiger partial charge on any atom is 0.229 e. The highest BCUT2D eigenvalue weighted by Gasteiger charge is 2.26. The number of rotatable bonds is 7. The van der Waals surface area contributed by atoms with Gasteiger partial charge < -0.3 is 19.7 Å². The average molecular weight is 386 g/mol. The Balaban J connectivity index is 1.93. The summed E-state index contributed by atoms with van der Waals surface area (Å²) in [6.07, 6.45) is 4.11. The molecule has 9 nitrogen and oxygen atoms in total. The molecular formula is C19H26N6O3. The minimum absolute atomic E-state index is 0.0529. The van der Waals surface area contributed by atoms with Crippen molar-refractivity contribution >= 4 is 29.6 Å². The number of pyridine rings is 1. The van der Waals surface area contributed by atoms with Crippen LogP contribution in [-0.4, -0.2) is 61.8 Å². The zero-order valence-corrected chi connectivity index (χ0v) is 16.7. The van der Waals surface area contributed by atoms with E-state index < -0.39 is 0 Å². The van der Waals surface area contributed by atoms with Crippen molar-refractivity contribution in [3.8, 4) is 5.88 Å². The molecule has 1 aliphatic heterocycles. The number of methoxy groups -OCH3 is 1. The second-order valence-electron chi connectivity index (χ2n) is 6.76. The number of nitrogens with zero attached hydrogens (tertiary/aromatic N) is 5. The Morgan fingerprint density at radius 3 is 2.61 bits per heavy atom. The molecule has 0 unspecified atom stereocenters. The molecule has 0 aromatic carbocycles. The predicted molar refractivity (Wildman–Crippen MR) is 108 cm³/mol. The first-order chi connectivity index (χ1) is 13.5. The van der Waals surface area contributed by atoms with Crippen LogP contribution in [0.1, 0.15) is 18.5 Å². The molecule has 0 atom stereocenters. The lowest BCUT2D eigenvalue weighted by atomic mass is 10.1. The third kappa shape index (κ3) is 4.30. The number of nitrogens with one attached hydrogen (secondary N) is 1. The van der Waals surface area contributed by atoms with Gasteiger partial charge >= 0.3 is 0 Å². The molecular weight excluding hydrogens is 360 g/mol. The fraction of sp³-hybridized carbons (Fsp3) is 0.474. The number of hydrogen-bond donors (Lipinski definition) is 1. The molecule has 0 radical (unpaired) electrons. The van der Waals surface area contributed by atoms with E-state index in [0.29, 0.717) is 30.9 Å². The molecule has 0 spiro atoms. The largest absolute Gasteiger partial charge is 0.481 e. The molecule has 1 aliphatic rings. The summed E-state index contributed by atoms with van der Waals surface area (Å²) in [6, 6.07) is 3.68. The Labute approximate surface area is 164 Å². The Morgan fingerprint density at radius 2 is 2.00 bits per heavy atom. The summed E-state index contributed by atoms with van der Waals surface area (Å²) in [7, 11) is 5.38. The first-order valence-electron chi connectivity index (χ1n) is 9.18. The second-order valence-corrected chi connectivity index (χ2v) is 6.76. The van der Waals surface area contributed by atoms with E-state index in [2.05, 4.69) is 20.3 Å². The molecule has 1 fully saturated rings. The van der Waals surface area contributed by atoms with E-state index >= 15 is 0 Å². The summed E-state index contributed by atoms with van der Waals surface area (Å²) in [6.45, 7) is 3.15. The van der Waals surface area contributed by atoms with Crippen LogP contribution < -0.4 is 19.9 Å². The number of carbonyl (C=O) groups is 1. The van der Waals surface area contributed by atoms with Gasteiger partial charge in [-0.3, -0.25) is 9.69 Å².